The molecule has 0 unspecified atom stereocenters. The molecular weight excluding hydrogens is 376 g/mol. The van der Waals surface area contributed by atoms with Crippen molar-refractivity contribution >= 4 is 16.9 Å². The van der Waals surface area contributed by atoms with Crippen LogP contribution in [-0.4, -0.2) is 48.0 Å². The lowest BCUT2D eigenvalue weighted by Gasteiger charge is -2.33. The fourth-order valence-corrected chi connectivity index (χ4v) is 4.30. The molecule has 7 heteroatoms. The molecule has 3 aromatic heterocycles. The molecule has 152 valence electrons. The van der Waals surface area contributed by atoms with Gasteiger partial charge in [0.1, 0.15) is 12.4 Å². The zero-order chi connectivity index (χ0) is 20.3. The predicted molar refractivity (Wildman–Crippen MR) is 114 cm³/mol. The van der Waals surface area contributed by atoms with E-state index in [0.29, 0.717) is 13.1 Å². The maximum Gasteiger partial charge on any atom is 0.242 e. The van der Waals surface area contributed by atoms with E-state index in [1.165, 1.54) is 5.56 Å². The first-order chi connectivity index (χ1) is 14.8. The molecule has 0 aliphatic carbocycles. The van der Waals surface area contributed by atoms with E-state index in [9.17, 15) is 4.79 Å². The molecule has 1 atom stereocenters. The van der Waals surface area contributed by atoms with Gasteiger partial charge < -0.3 is 14.0 Å². The summed E-state index contributed by atoms with van der Waals surface area (Å²) in [5.74, 6) is 1.44. The van der Waals surface area contributed by atoms with Crippen molar-refractivity contribution in [2.75, 3.05) is 13.1 Å². The quantitative estimate of drug-likeness (QED) is 0.516. The van der Waals surface area contributed by atoms with Gasteiger partial charge in [0.05, 0.1) is 17.4 Å². The average Bonchev–Trinajstić information content (AvgIpc) is 3.42. The number of imidazole rings is 2. The van der Waals surface area contributed by atoms with Gasteiger partial charge in [0, 0.05) is 50.3 Å². The average molecular weight is 400 g/mol. The number of fused-ring (bicyclic) bond motifs is 1. The van der Waals surface area contributed by atoms with Crippen molar-refractivity contribution < 1.29 is 4.79 Å². The van der Waals surface area contributed by atoms with E-state index in [-0.39, 0.29) is 11.8 Å². The number of para-hydroxylation sites is 2. The number of hydrogen-bond acceptors (Lipinski definition) is 4. The van der Waals surface area contributed by atoms with Crippen LogP contribution in [0.25, 0.3) is 11.0 Å². The molecule has 1 aliphatic rings. The van der Waals surface area contributed by atoms with E-state index in [1.807, 2.05) is 70.7 Å². The Balaban J connectivity index is 1.29. The Bertz CT molecular complexity index is 1150. The van der Waals surface area contributed by atoms with Gasteiger partial charge in [-0.15, -0.1) is 0 Å². The van der Waals surface area contributed by atoms with Crippen LogP contribution < -0.4 is 0 Å². The van der Waals surface area contributed by atoms with Gasteiger partial charge in [-0.25, -0.2) is 9.97 Å². The van der Waals surface area contributed by atoms with E-state index < -0.39 is 0 Å². The molecular formula is C23H24N6O. The smallest absolute Gasteiger partial charge is 0.242 e. The lowest BCUT2D eigenvalue weighted by molar-refractivity contribution is -0.133. The molecule has 0 N–H and O–H groups in total. The second-order valence-electron chi connectivity index (χ2n) is 7.81. The number of nitrogens with zero attached hydrogens (tertiary/aromatic N) is 6. The van der Waals surface area contributed by atoms with E-state index in [0.717, 1.165) is 42.8 Å². The molecule has 1 aromatic carbocycles. The van der Waals surface area contributed by atoms with Crippen LogP contribution in [-0.2, 0) is 17.9 Å². The van der Waals surface area contributed by atoms with Crippen molar-refractivity contribution in [2.45, 2.75) is 31.8 Å². The molecule has 5 rings (SSSR count). The maximum absolute atomic E-state index is 13.0. The van der Waals surface area contributed by atoms with Crippen LogP contribution in [0, 0.1) is 0 Å². The summed E-state index contributed by atoms with van der Waals surface area (Å²) in [7, 11) is 0. The molecule has 7 nitrogen and oxygen atoms in total. The van der Waals surface area contributed by atoms with E-state index in [2.05, 4.69) is 19.5 Å². The Hall–Kier alpha value is -3.48. The highest BCUT2D eigenvalue weighted by atomic mass is 16.2. The molecule has 0 bridgehead atoms. The van der Waals surface area contributed by atoms with Gasteiger partial charge in [0.15, 0.2) is 0 Å². The number of benzene rings is 1. The van der Waals surface area contributed by atoms with E-state index in [4.69, 9.17) is 0 Å². The highest BCUT2D eigenvalue weighted by Crippen LogP contribution is 2.27. The third kappa shape index (κ3) is 3.70. The Kier molecular flexibility index (Phi) is 5.01. The summed E-state index contributed by atoms with van der Waals surface area (Å²) < 4.78 is 4.13. The van der Waals surface area contributed by atoms with Gasteiger partial charge >= 0.3 is 0 Å². The van der Waals surface area contributed by atoms with Gasteiger partial charge in [0.2, 0.25) is 5.91 Å². The number of amides is 1. The van der Waals surface area contributed by atoms with Crippen molar-refractivity contribution in [3.63, 3.8) is 0 Å². The SMILES string of the molecule is O=C(Cn1cnc2ccccc21)N1CCC[C@@H](c2nccn2Cc2ccncc2)C1. The zero-order valence-corrected chi connectivity index (χ0v) is 16.8. The molecule has 0 saturated carbocycles. The first kappa shape index (κ1) is 18.5. The van der Waals surface area contributed by atoms with Crippen molar-refractivity contribution in [1.82, 2.24) is 29.0 Å². The summed E-state index contributed by atoms with van der Waals surface area (Å²) in [6.07, 6.45) is 11.3. The van der Waals surface area contributed by atoms with Gasteiger partial charge in [-0.2, -0.15) is 0 Å². The first-order valence-corrected chi connectivity index (χ1v) is 10.4. The van der Waals surface area contributed by atoms with Crippen LogP contribution in [0.4, 0.5) is 0 Å². The molecule has 1 aliphatic heterocycles. The topological polar surface area (TPSA) is 68.8 Å². The molecule has 4 aromatic rings. The lowest BCUT2D eigenvalue weighted by Crippen LogP contribution is -2.41. The van der Waals surface area contributed by atoms with Crippen molar-refractivity contribution in [1.29, 1.82) is 0 Å². The molecule has 4 heterocycles. The summed E-state index contributed by atoms with van der Waals surface area (Å²) >= 11 is 0. The van der Waals surface area contributed by atoms with Gasteiger partial charge in [-0.05, 0) is 42.7 Å². The van der Waals surface area contributed by atoms with Crippen molar-refractivity contribution in [3.05, 3.63) is 78.9 Å². The van der Waals surface area contributed by atoms with Gasteiger partial charge in [-0.1, -0.05) is 12.1 Å². The normalized spacial score (nSPS) is 16.8. The minimum absolute atomic E-state index is 0.134. The standard InChI is InChI=1S/C23H24N6O/c30-22(16-29-17-26-20-5-1-2-6-21(20)29)27-12-3-4-19(15-27)23-25-11-13-28(23)14-18-7-9-24-10-8-18/h1-2,5-11,13,17,19H,3-4,12,14-16H2/t19-/m1/s1. The van der Waals surface area contributed by atoms with E-state index in [1.54, 1.807) is 6.33 Å². The number of rotatable bonds is 5. The highest BCUT2D eigenvalue weighted by molar-refractivity contribution is 5.80. The van der Waals surface area contributed by atoms with Crippen LogP contribution >= 0.6 is 0 Å². The molecule has 0 radical (unpaired) electrons. The Labute approximate surface area is 175 Å². The maximum atomic E-state index is 13.0. The lowest BCUT2D eigenvalue weighted by atomic mass is 9.97. The van der Waals surface area contributed by atoms with Crippen LogP contribution in [0.3, 0.4) is 0 Å². The Morgan fingerprint density at radius 1 is 1.03 bits per heavy atom. The number of carbonyl (C=O) groups excluding carboxylic acids is 1. The number of hydrogen-bond donors (Lipinski definition) is 0. The summed E-state index contributed by atoms with van der Waals surface area (Å²) in [6, 6.07) is 12.0. The monoisotopic (exact) mass is 400 g/mol. The number of aromatic nitrogens is 5. The second-order valence-corrected chi connectivity index (χ2v) is 7.81. The molecule has 1 amide bonds. The molecule has 1 saturated heterocycles. The summed E-state index contributed by atoms with van der Waals surface area (Å²) in [4.78, 5) is 28.2. The van der Waals surface area contributed by atoms with Crippen LogP contribution in [0.5, 0.6) is 0 Å². The fourth-order valence-electron chi connectivity index (χ4n) is 4.30. The Morgan fingerprint density at radius 3 is 2.80 bits per heavy atom. The van der Waals surface area contributed by atoms with Crippen LogP contribution in [0.1, 0.15) is 30.1 Å². The minimum Gasteiger partial charge on any atom is -0.340 e. The summed E-state index contributed by atoms with van der Waals surface area (Å²) in [6.45, 7) is 2.59. The largest absolute Gasteiger partial charge is 0.340 e. The summed E-state index contributed by atoms with van der Waals surface area (Å²) in [5.41, 5.74) is 3.10. The Morgan fingerprint density at radius 2 is 1.90 bits per heavy atom. The van der Waals surface area contributed by atoms with Crippen LogP contribution in [0.15, 0.2) is 67.5 Å². The fraction of sp³-hybridized carbons (Fsp3) is 0.304. The molecule has 0 spiro atoms. The minimum atomic E-state index is 0.134. The third-order valence-electron chi connectivity index (χ3n) is 5.82. The van der Waals surface area contributed by atoms with Crippen molar-refractivity contribution in [3.8, 4) is 0 Å². The molecule has 30 heavy (non-hydrogen) atoms. The summed E-state index contributed by atoms with van der Waals surface area (Å²) in [5, 5.41) is 0. The van der Waals surface area contributed by atoms with Crippen molar-refractivity contribution in [2.24, 2.45) is 0 Å². The zero-order valence-electron chi connectivity index (χ0n) is 16.8. The number of pyridine rings is 1. The number of piperidine rings is 1. The number of likely N-dealkylation sites (tertiary alicyclic amines) is 1. The van der Waals surface area contributed by atoms with Gasteiger partial charge in [0.25, 0.3) is 0 Å². The van der Waals surface area contributed by atoms with Gasteiger partial charge in [-0.3, -0.25) is 9.78 Å². The first-order valence-electron chi connectivity index (χ1n) is 10.4. The molecule has 1 fully saturated rings. The number of carbonyl (C=O) groups is 1. The predicted octanol–water partition coefficient (Wildman–Crippen LogP) is 3.08. The highest BCUT2D eigenvalue weighted by Gasteiger charge is 2.27. The van der Waals surface area contributed by atoms with E-state index >= 15 is 0 Å². The third-order valence-corrected chi connectivity index (χ3v) is 5.82. The van der Waals surface area contributed by atoms with Crippen LogP contribution in [0.2, 0.25) is 0 Å². The second kappa shape index (κ2) is 8.10.